The summed E-state index contributed by atoms with van der Waals surface area (Å²) in [5.74, 6) is 1.16. The van der Waals surface area contributed by atoms with Gasteiger partial charge in [-0.15, -0.1) is 0 Å². The zero-order chi connectivity index (χ0) is 21.3. The molecule has 3 rings (SSSR count). The molecule has 0 heterocycles. The molecule has 0 unspecified atom stereocenters. The average molecular weight is 465 g/mol. The summed E-state index contributed by atoms with van der Waals surface area (Å²) in [6.45, 7) is 4.29. The van der Waals surface area contributed by atoms with Gasteiger partial charge in [0.05, 0.1) is 11.6 Å². The molecule has 3 aromatic rings. The van der Waals surface area contributed by atoms with Gasteiger partial charge >= 0.3 is 0 Å². The second-order valence-corrected chi connectivity index (χ2v) is 8.02. The van der Waals surface area contributed by atoms with Crippen LogP contribution in [0.4, 0.5) is 0 Å². The summed E-state index contributed by atoms with van der Waals surface area (Å²) >= 11 is 18.7. The van der Waals surface area contributed by atoms with Gasteiger partial charge in [0.2, 0.25) is 0 Å². The van der Waals surface area contributed by atoms with Crippen LogP contribution in [0.2, 0.25) is 15.1 Å². The Bertz CT molecular complexity index is 961. The molecule has 3 nitrogen and oxygen atoms in total. The van der Waals surface area contributed by atoms with Crippen LogP contribution in [0, 0.1) is 0 Å². The van der Waals surface area contributed by atoms with Crippen molar-refractivity contribution in [2.45, 2.75) is 26.5 Å². The Kier molecular flexibility index (Phi) is 8.71. The third kappa shape index (κ3) is 6.55. The first-order valence-electron chi connectivity index (χ1n) is 9.83. The van der Waals surface area contributed by atoms with Crippen LogP contribution < -0.4 is 14.8 Å². The van der Waals surface area contributed by atoms with Crippen molar-refractivity contribution in [2.24, 2.45) is 0 Å². The second kappa shape index (κ2) is 11.5. The van der Waals surface area contributed by atoms with Gasteiger partial charge in [-0.3, -0.25) is 0 Å². The summed E-state index contributed by atoms with van der Waals surface area (Å²) in [6.07, 6.45) is 0.919. The lowest BCUT2D eigenvalue weighted by atomic mass is 10.1. The van der Waals surface area contributed by atoms with Crippen molar-refractivity contribution in [3.8, 4) is 11.5 Å². The van der Waals surface area contributed by atoms with E-state index < -0.39 is 0 Å². The highest BCUT2D eigenvalue weighted by Gasteiger charge is 2.13. The predicted octanol–water partition coefficient (Wildman–Crippen LogP) is 6.96. The van der Waals surface area contributed by atoms with E-state index >= 15 is 0 Å². The fourth-order valence-corrected chi connectivity index (χ4v) is 3.61. The number of benzene rings is 3. The van der Waals surface area contributed by atoms with Crippen LogP contribution in [-0.2, 0) is 19.6 Å². The van der Waals surface area contributed by atoms with Gasteiger partial charge < -0.3 is 14.8 Å². The summed E-state index contributed by atoms with van der Waals surface area (Å²) in [5.41, 5.74) is 3.17. The Morgan fingerprint density at radius 2 is 1.60 bits per heavy atom. The van der Waals surface area contributed by atoms with E-state index in [9.17, 15) is 0 Å². The van der Waals surface area contributed by atoms with E-state index in [1.807, 2.05) is 67.6 Å². The fraction of sp³-hybridized carbons (Fsp3) is 0.250. The van der Waals surface area contributed by atoms with Gasteiger partial charge in [-0.05, 0) is 61.3 Å². The van der Waals surface area contributed by atoms with E-state index in [1.165, 1.54) is 5.56 Å². The molecule has 0 saturated heterocycles. The van der Waals surface area contributed by atoms with Gasteiger partial charge in [-0.2, -0.15) is 0 Å². The number of hydrogen-bond donors (Lipinski definition) is 1. The molecule has 0 radical (unpaired) electrons. The molecule has 0 spiro atoms. The molecule has 0 aromatic heterocycles. The topological polar surface area (TPSA) is 30.5 Å². The second-order valence-electron chi connectivity index (χ2n) is 6.77. The zero-order valence-corrected chi connectivity index (χ0v) is 19.0. The molecule has 6 heteroatoms. The summed E-state index contributed by atoms with van der Waals surface area (Å²) in [6, 6.07) is 19.3. The number of nitrogens with one attached hydrogen (secondary N) is 1. The van der Waals surface area contributed by atoms with E-state index in [4.69, 9.17) is 44.3 Å². The molecule has 0 fully saturated rings. The lowest BCUT2D eigenvalue weighted by Crippen LogP contribution is -2.16. The highest BCUT2D eigenvalue weighted by molar-refractivity contribution is 6.32. The smallest absolute Gasteiger partial charge is 0.180 e. The van der Waals surface area contributed by atoms with E-state index in [0.29, 0.717) is 41.3 Å². The van der Waals surface area contributed by atoms with Crippen LogP contribution in [0.5, 0.6) is 11.5 Å². The van der Waals surface area contributed by atoms with E-state index in [-0.39, 0.29) is 0 Å². The lowest BCUT2D eigenvalue weighted by molar-refractivity contribution is 0.269. The van der Waals surface area contributed by atoms with E-state index in [0.717, 1.165) is 29.1 Å². The Morgan fingerprint density at radius 3 is 2.33 bits per heavy atom. The van der Waals surface area contributed by atoms with Crippen LogP contribution in [0.25, 0.3) is 0 Å². The number of ether oxygens (including phenoxy) is 2. The highest BCUT2D eigenvalue weighted by Crippen LogP contribution is 2.37. The molecule has 0 bridgehead atoms. The fourth-order valence-electron chi connectivity index (χ4n) is 3.01. The van der Waals surface area contributed by atoms with Gasteiger partial charge in [-0.1, -0.05) is 65.1 Å². The first-order chi connectivity index (χ1) is 14.6. The number of rotatable bonds is 10. The minimum absolute atomic E-state index is 0.318. The number of halogens is 3. The van der Waals surface area contributed by atoms with Crippen molar-refractivity contribution >= 4 is 34.8 Å². The largest absolute Gasteiger partial charge is 0.490 e. The Labute approximate surface area is 192 Å². The van der Waals surface area contributed by atoms with Gasteiger partial charge in [-0.25, -0.2) is 0 Å². The minimum atomic E-state index is 0.318. The molecule has 0 aliphatic carbocycles. The molecule has 0 amide bonds. The van der Waals surface area contributed by atoms with E-state index in [2.05, 4.69) is 5.32 Å². The van der Waals surface area contributed by atoms with Crippen molar-refractivity contribution in [3.05, 3.63) is 92.4 Å². The van der Waals surface area contributed by atoms with Gasteiger partial charge in [0.15, 0.2) is 11.5 Å². The predicted molar refractivity (Wildman–Crippen MR) is 125 cm³/mol. The SMILES string of the molecule is CCOc1cc(CNCCc2ccc(Cl)cc2)cc(Cl)c1OCc1ccccc1Cl. The van der Waals surface area contributed by atoms with Crippen molar-refractivity contribution in [2.75, 3.05) is 13.2 Å². The Balaban J connectivity index is 1.61. The standard InChI is InChI=1S/C24H24Cl3NO2/c1-2-29-23-14-18(15-28-12-11-17-7-9-20(25)10-8-17)13-22(27)24(23)30-16-19-5-3-4-6-21(19)26/h3-10,13-14,28H,2,11-12,15-16H2,1H3. The first-order valence-corrected chi connectivity index (χ1v) is 11.0. The third-order valence-corrected chi connectivity index (χ3v) is 5.43. The van der Waals surface area contributed by atoms with Crippen molar-refractivity contribution in [1.29, 1.82) is 0 Å². The summed E-state index contributed by atoms with van der Waals surface area (Å²) < 4.78 is 11.7. The maximum absolute atomic E-state index is 6.52. The molecule has 0 atom stereocenters. The van der Waals surface area contributed by atoms with Crippen LogP contribution in [0.1, 0.15) is 23.6 Å². The van der Waals surface area contributed by atoms with Crippen molar-refractivity contribution in [3.63, 3.8) is 0 Å². The van der Waals surface area contributed by atoms with Crippen LogP contribution in [0.3, 0.4) is 0 Å². The molecular formula is C24H24Cl3NO2. The van der Waals surface area contributed by atoms with Crippen molar-refractivity contribution < 1.29 is 9.47 Å². The molecule has 1 N–H and O–H groups in total. The van der Waals surface area contributed by atoms with Crippen LogP contribution in [0.15, 0.2) is 60.7 Å². The van der Waals surface area contributed by atoms with E-state index in [1.54, 1.807) is 0 Å². The lowest BCUT2D eigenvalue weighted by Gasteiger charge is -2.16. The highest BCUT2D eigenvalue weighted by atomic mass is 35.5. The number of hydrogen-bond acceptors (Lipinski definition) is 3. The van der Waals surface area contributed by atoms with Crippen LogP contribution >= 0.6 is 34.8 Å². The van der Waals surface area contributed by atoms with Crippen LogP contribution in [-0.4, -0.2) is 13.2 Å². The molecule has 0 aliphatic heterocycles. The average Bonchev–Trinajstić information content (AvgIpc) is 2.73. The molecular weight excluding hydrogens is 441 g/mol. The quantitative estimate of drug-likeness (QED) is 0.329. The molecule has 30 heavy (non-hydrogen) atoms. The summed E-state index contributed by atoms with van der Waals surface area (Å²) in [5, 5.41) is 5.37. The zero-order valence-electron chi connectivity index (χ0n) is 16.8. The normalized spacial score (nSPS) is 10.8. The van der Waals surface area contributed by atoms with Gasteiger partial charge in [0, 0.05) is 22.2 Å². The monoisotopic (exact) mass is 463 g/mol. The van der Waals surface area contributed by atoms with Gasteiger partial charge in [0.1, 0.15) is 6.61 Å². The molecule has 0 aliphatic rings. The molecule has 0 saturated carbocycles. The molecule has 3 aromatic carbocycles. The Morgan fingerprint density at radius 1 is 0.833 bits per heavy atom. The summed E-state index contributed by atoms with van der Waals surface area (Å²) in [4.78, 5) is 0. The minimum Gasteiger partial charge on any atom is -0.490 e. The van der Waals surface area contributed by atoms with Crippen molar-refractivity contribution in [1.82, 2.24) is 5.32 Å². The van der Waals surface area contributed by atoms with Gasteiger partial charge in [0.25, 0.3) is 0 Å². The summed E-state index contributed by atoms with van der Waals surface area (Å²) in [7, 11) is 0. The maximum Gasteiger partial charge on any atom is 0.180 e. The first kappa shape index (κ1) is 22.8. The maximum atomic E-state index is 6.52. The molecule has 158 valence electrons. The Hall–Kier alpha value is -1.91. The third-order valence-electron chi connectivity index (χ3n) is 4.53.